The van der Waals surface area contributed by atoms with Gasteiger partial charge in [-0.15, -0.1) is 0 Å². The van der Waals surface area contributed by atoms with E-state index >= 15 is 0 Å². The zero-order valence-corrected chi connectivity index (χ0v) is 10.6. The smallest absolute Gasteiger partial charge is 0.224 e. The molecule has 0 unspecified atom stereocenters. The van der Waals surface area contributed by atoms with Crippen LogP contribution >= 0.6 is 0 Å². The highest BCUT2D eigenvalue weighted by Gasteiger charge is 2.04. The molecule has 0 radical (unpaired) electrons. The largest absolute Gasteiger partial charge is 0.372 e. The van der Waals surface area contributed by atoms with Crippen molar-refractivity contribution in [1.29, 1.82) is 5.26 Å². The van der Waals surface area contributed by atoms with E-state index in [1.54, 1.807) is 19.4 Å². The van der Waals surface area contributed by atoms with E-state index in [2.05, 4.69) is 25.6 Å². The summed E-state index contributed by atoms with van der Waals surface area (Å²) in [6.07, 6.45) is 5.91. The lowest BCUT2D eigenvalue weighted by atomic mass is 10.2. The first-order valence-corrected chi connectivity index (χ1v) is 5.91. The van der Waals surface area contributed by atoms with Gasteiger partial charge in [0.05, 0.1) is 6.20 Å². The molecule has 0 saturated carbocycles. The summed E-state index contributed by atoms with van der Waals surface area (Å²) in [6.45, 7) is 0.721. The summed E-state index contributed by atoms with van der Waals surface area (Å²) in [5.74, 6) is 1.04. The highest BCUT2D eigenvalue weighted by atomic mass is 15.1. The Balaban J connectivity index is 1.95. The summed E-state index contributed by atoms with van der Waals surface area (Å²) in [7, 11) is 1.73. The molecular weight excluding hydrogens is 240 g/mol. The number of nitrogens with zero attached hydrogens (tertiary/aromatic N) is 4. The Morgan fingerprint density at radius 1 is 1.32 bits per heavy atom. The van der Waals surface area contributed by atoms with Crippen molar-refractivity contribution >= 4 is 11.8 Å². The molecule has 2 aromatic heterocycles. The maximum Gasteiger partial charge on any atom is 0.224 e. The third kappa shape index (κ3) is 3.39. The van der Waals surface area contributed by atoms with E-state index in [9.17, 15) is 0 Å². The van der Waals surface area contributed by atoms with E-state index in [-0.39, 0.29) is 0 Å². The Labute approximate surface area is 111 Å². The molecule has 0 fully saturated rings. The third-order valence-corrected chi connectivity index (χ3v) is 2.59. The summed E-state index contributed by atoms with van der Waals surface area (Å²) >= 11 is 0. The van der Waals surface area contributed by atoms with E-state index in [4.69, 9.17) is 5.26 Å². The molecule has 6 heteroatoms. The van der Waals surface area contributed by atoms with E-state index in [1.807, 2.05) is 18.2 Å². The second kappa shape index (κ2) is 6.31. The van der Waals surface area contributed by atoms with Crippen LogP contribution in [0, 0.1) is 11.3 Å². The molecule has 0 aliphatic carbocycles. The van der Waals surface area contributed by atoms with E-state index in [0.717, 1.165) is 13.0 Å². The van der Waals surface area contributed by atoms with Crippen molar-refractivity contribution in [1.82, 2.24) is 15.0 Å². The van der Waals surface area contributed by atoms with Gasteiger partial charge in [-0.25, -0.2) is 4.98 Å². The normalized spacial score (nSPS) is 9.68. The summed E-state index contributed by atoms with van der Waals surface area (Å²) in [4.78, 5) is 12.3. The van der Waals surface area contributed by atoms with Crippen LogP contribution in [0.15, 0.2) is 30.7 Å². The van der Waals surface area contributed by atoms with Gasteiger partial charge in [-0.3, -0.25) is 4.98 Å². The molecule has 6 nitrogen and oxygen atoms in total. The molecule has 2 heterocycles. The zero-order chi connectivity index (χ0) is 13.5. The average molecular weight is 254 g/mol. The first-order chi connectivity index (χ1) is 9.33. The van der Waals surface area contributed by atoms with Gasteiger partial charge in [0.15, 0.2) is 0 Å². The van der Waals surface area contributed by atoms with Crippen molar-refractivity contribution in [2.24, 2.45) is 0 Å². The van der Waals surface area contributed by atoms with Gasteiger partial charge in [0.2, 0.25) is 5.95 Å². The van der Waals surface area contributed by atoms with Crippen molar-refractivity contribution in [3.05, 3.63) is 41.9 Å². The van der Waals surface area contributed by atoms with Gasteiger partial charge < -0.3 is 10.6 Å². The molecule has 0 atom stereocenters. The molecule has 0 amide bonds. The third-order valence-electron chi connectivity index (χ3n) is 2.59. The molecule has 0 saturated heterocycles. The number of hydrogen-bond acceptors (Lipinski definition) is 6. The number of anilines is 2. The van der Waals surface area contributed by atoms with Crippen LogP contribution in [-0.4, -0.2) is 28.5 Å². The van der Waals surface area contributed by atoms with Gasteiger partial charge >= 0.3 is 0 Å². The van der Waals surface area contributed by atoms with Gasteiger partial charge in [-0.1, -0.05) is 0 Å². The Bertz CT molecular complexity index is 575. The maximum absolute atomic E-state index is 8.87. The lowest BCUT2D eigenvalue weighted by Crippen LogP contribution is -2.09. The summed E-state index contributed by atoms with van der Waals surface area (Å²) in [5, 5.41) is 14.9. The molecule has 2 aromatic rings. The monoisotopic (exact) mass is 254 g/mol. The van der Waals surface area contributed by atoms with Crippen LogP contribution in [-0.2, 0) is 6.42 Å². The second-order valence-electron chi connectivity index (χ2n) is 3.85. The fraction of sp³-hybridized carbons (Fsp3) is 0.231. The molecule has 0 bridgehead atoms. The number of pyridine rings is 1. The molecule has 0 aliphatic rings. The number of nitrogens with one attached hydrogen (secondary N) is 2. The molecular formula is C13H14N6. The Hall–Kier alpha value is -2.68. The van der Waals surface area contributed by atoms with Crippen molar-refractivity contribution in [3.63, 3.8) is 0 Å². The fourth-order valence-electron chi connectivity index (χ4n) is 1.61. The summed E-state index contributed by atoms with van der Waals surface area (Å²) < 4.78 is 0. The van der Waals surface area contributed by atoms with Crippen LogP contribution in [0.1, 0.15) is 11.1 Å². The van der Waals surface area contributed by atoms with Gasteiger partial charge in [-0.2, -0.15) is 10.2 Å². The lowest BCUT2D eigenvalue weighted by Gasteiger charge is -2.07. The molecule has 96 valence electrons. The predicted molar refractivity (Wildman–Crippen MR) is 72.7 cm³/mol. The second-order valence-corrected chi connectivity index (χ2v) is 3.85. The molecule has 2 N–H and O–H groups in total. The number of rotatable bonds is 5. The van der Waals surface area contributed by atoms with Crippen molar-refractivity contribution in [2.45, 2.75) is 6.42 Å². The van der Waals surface area contributed by atoms with Crippen molar-refractivity contribution < 1.29 is 0 Å². The zero-order valence-electron chi connectivity index (χ0n) is 10.6. The molecule has 0 aliphatic heterocycles. The van der Waals surface area contributed by atoms with Crippen molar-refractivity contribution in [3.8, 4) is 6.07 Å². The lowest BCUT2D eigenvalue weighted by molar-refractivity contribution is 0.978. The molecule has 2 rings (SSSR count). The minimum Gasteiger partial charge on any atom is -0.372 e. The van der Waals surface area contributed by atoms with E-state index in [0.29, 0.717) is 17.3 Å². The highest BCUT2D eigenvalue weighted by Crippen LogP contribution is 2.11. The average Bonchev–Trinajstić information content (AvgIpc) is 2.48. The number of aromatic nitrogens is 3. The Morgan fingerprint density at radius 2 is 2.11 bits per heavy atom. The standard InChI is InChI=1S/C13H14N6/c1-15-12-11(8-14)9-18-13(19-12)17-7-4-10-2-5-16-6-3-10/h2-3,5-6,9H,4,7H2,1H3,(H2,15,17,18,19). The minimum atomic E-state index is 0.433. The molecule has 0 spiro atoms. The van der Waals surface area contributed by atoms with Crippen LogP contribution in [0.2, 0.25) is 0 Å². The predicted octanol–water partition coefficient (Wildman–Crippen LogP) is 1.44. The number of nitriles is 1. The van der Waals surface area contributed by atoms with Crippen LogP contribution < -0.4 is 10.6 Å². The summed E-state index contributed by atoms with van der Waals surface area (Å²) in [6, 6.07) is 5.98. The quantitative estimate of drug-likeness (QED) is 0.839. The molecule has 19 heavy (non-hydrogen) atoms. The van der Waals surface area contributed by atoms with Crippen molar-refractivity contribution in [2.75, 3.05) is 24.2 Å². The van der Waals surface area contributed by atoms with Gasteiger partial charge in [0.1, 0.15) is 17.5 Å². The molecule has 0 aromatic carbocycles. The Kier molecular flexibility index (Phi) is 4.24. The Morgan fingerprint density at radius 3 is 2.79 bits per heavy atom. The first-order valence-electron chi connectivity index (χ1n) is 5.91. The topological polar surface area (TPSA) is 86.5 Å². The first kappa shape index (κ1) is 12.8. The van der Waals surface area contributed by atoms with Gasteiger partial charge in [-0.05, 0) is 24.1 Å². The van der Waals surface area contributed by atoms with Gasteiger partial charge in [0, 0.05) is 26.0 Å². The van der Waals surface area contributed by atoms with Gasteiger partial charge in [0.25, 0.3) is 0 Å². The highest BCUT2D eigenvalue weighted by molar-refractivity contribution is 5.52. The SMILES string of the molecule is CNc1nc(NCCc2ccncc2)ncc1C#N. The summed E-state index contributed by atoms with van der Waals surface area (Å²) in [5.41, 5.74) is 1.63. The number of hydrogen-bond donors (Lipinski definition) is 2. The van der Waals surface area contributed by atoms with E-state index in [1.165, 1.54) is 11.8 Å². The fourth-order valence-corrected chi connectivity index (χ4v) is 1.61. The minimum absolute atomic E-state index is 0.433. The van der Waals surface area contributed by atoms with Crippen LogP contribution in [0.25, 0.3) is 0 Å². The van der Waals surface area contributed by atoms with Crippen LogP contribution in [0.3, 0.4) is 0 Å². The van der Waals surface area contributed by atoms with Crippen LogP contribution in [0.4, 0.5) is 11.8 Å². The van der Waals surface area contributed by atoms with E-state index < -0.39 is 0 Å². The van der Waals surface area contributed by atoms with Crippen LogP contribution in [0.5, 0.6) is 0 Å². The maximum atomic E-state index is 8.87.